The van der Waals surface area contributed by atoms with Crippen LogP contribution in [0.4, 0.5) is 17.6 Å². The zero-order chi connectivity index (χ0) is 43.7. The van der Waals surface area contributed by atoms with Gasteiger partial charge in [-0.1, -0.05) is 33.8 Å². The number of rotatable bonds is 8. The maximum absolute atomic E-state index is 16.2. The summed E-state index contributed by atoms with van der Waals surface area (Å²) in [5.41, 5.74) is -3.60. The van der Waals surface area contributed by atoms with Gasteiger partial charge in [0.2, 0.25) is 34.1 Å². The summed E-state index contributed by atoms with van der Waals surface area (Å²) < 4.78 is 100. The first-order chi connectivity index (χ1) is 28.0. The number of amides is 2. The monoisotopic (exact) mass is 859 g/mol. The first-order valence-electron chi connectivity index (χ1n) is 20.4. The van der Waals surface area contributed by atoms with E-state index in [0.717, 1.165) is 0 Å². The highest BCUT2D eigenvalue weighted by Crippen LogP contribution is 2.59. The first kappa shape index (κ1) is 43.4. The third kappa shape index (κ3) is 8.22. The van der Waals surface area contributed by atoms with Gasteiger partial charge in [-0.2, -0.15) is 14.0 Å². The van der Waals surface area contributed by atoms with Crippen LogP contribution in [0.1, 0.15) is 104 Å². The van der Waals surface area contributed by atoms with E-state index in [9.17, 15) is 41.6 Å². The second-order valence-electron chi connectivity index (χ2n) is 18.4. The molecule has 18 heteroatoms. The Kier molecular flexibility index (Phi) is 11.1. The molecule has 8 atom stereocenters. The van der Waals surface area contributed by atoms with Gasteiger partial charge in [0.25, 0.3) is 0 Å². The molecule has 0 radical (unpaired) electrons. The van der Waals surface area contributed by atoms with Crippen LogP contribution in [-0.2, 0) is 39.9 Å². The van der Waals surface area contributed by atoms with E-state index in [1.54, 1.807) is 27.7 Å². The van der Waals surface area contributed by atoms with Crippen LogP contribution in [0.15, 0.2) is 30.4 Å². The lowest BCUT2D eigenvalue weighted by Crippen LogP contribution is -2.50. The first-order valence-corrected chi connectivity index (χ1v) is 21.8. The number of carbonyl (C=O) groups excluding carboxylic acids is 4. The number of nitrogens with one attached hydrogen (secondary N) is 1. The largest absolute Gasteiger partial charge is 0.471 e. The minimum absolute atomic E-state index is 0.0461. The van der Waals surface area contributed by atoms with Gasteiger partial charge in [0, 0.05) is 18.3 Å². The Morgan fingerprint density at radius 2 is 1.82 bits per heavy atom. The van der Waals surface area contributed by atoms with Crippen LogP contribution < -0.4 is 9.46 Å². The van der Waals surface area contributed by atoms with E-state index in [1.165, 1.54) is 36.1 Å². The van der Waals surface area contributed by atoms with Crippen LogP contribution in [0.5, 0.6) is 5.88 Å². The van der Waals surface area contributed by atoms with Gasteiger partial charge >= 0.3 is 11.9 Å². The highest BCUT2D eigenvalue weighted by atomic mass is 32.2. The number of nitriles is 1. The van der Waals surface area contributed by atoms with Gasteiger partial charge < -0.3 is 14.4 Å². The smallest absolute Gasteiger partial charge is 0.313 e. The molecule has 0 spiro atoms. The summed E-state index contributed by atoms with van der Waals surface area (Å²) in [5.74, 6) is -11.6. The summed E-state index contributed by atoms with van der Waals surface area (Å²) in [4.78, 5) is 66.6. The van der Waals surface area contributed by atoms with Crippen molar-refractivity contribution in [3.8, 4) is 11.9 Å². The number of benzene rings is 1. The molecule has 13 nitrogen and oxygen atoms in total. The highest BCUT2D eigenvalue weighted by molar-refractivity contribution is 7.91. The Morgan fingerprint density at radius 1 is 1.10 bits per heavy atom. The van der Waals surface area contributed by atoms with Crippen LogP contribution in [0.3, 0.4) is 0 Å². The topological polar surface area (TPSA) is 186 Å². The lowest BCUT2D eigenvalue weighted by atomic mass is 9.77. The van der Waals surface area contributed by atoms with Crippen LogP contribution >= 0.6 is 0 Å². The molecular formula is C42H49F4N5O8S. The van der Waals surface area contributed by atoms with Gasteiger partial charge in [-0.05, 0) is 87.5 Å². The maximum atomic E-state index is 16.2. The van der Waals surface area contributed by atoms with Crippen molar-refractivity contribution in [2.75, 3.05) is 6.54 Å². The number of nitrogens with zero attached hydrogens (tertiary/aromatic N) is 4. The summed E-state index contributed by atoms with van der Waals surface area (Å²) in [7, 11) is -4.28. The zero-order valence-corrected chi connectivity index (χ0v) is 34.9. The van der Waals surface area contributed by atoms with Crippen molar-refractivity contribution >= 4 is 44.6 Å². The molecule has 1 saturated heterocycles. The molecule has 60 heavy (non-hydrogen) atoms. The summed E-state index contributed by atoms with van der Waals surface area (Å²) in [5, 5.41) is 9.54. The van der Waals surface area contributed by atoms with E-state index >= 15 is 8.78 Å². The van der Waals surface area contributed by atoms with Gasteiger partial charge in [0.1, 0.15) is 12.2 Å². The van der Waals surface area contributed by atoms with E-state index in [0.29, 0.717) is 18.9 Å². The third-order valence-electron chi connectivity index (χ3n) is 13.1. The second kappa shape index (κ2) is 15.4. The lowest BCUT2D eigenvalue weighted by Gasteiger charge is -2.35. The number of Topliss-reactive ketones (excluding diaryl/α,β-unsaturated/α-hetero) is 1. The third-order valence-corrected chi connectivity index (χ3v) is 15.3. The molecule has 324 valence electrons. The molecule has 4 fully saturated rings. The minimum atomic E-state index is -4.28. The maximum Gasteiger partial charge on any atom is 0.313 e. The van der Waals surface area contributed by atoms with Crippen molar-refractivity contribution in [3.05, 3.63) is 41.6 Å². The number of hydrogen-bond donors (Lipinski definition) is 1. The Balaban J connectivity index is 1.31. The van der Waals surface area contributed by atoms with Crippen molar-refractivity contribution < 1.29 is 54.6 Å². The summed E-state index contributed by atoms with van der Waals surface area (Å²) in [6, 6.07) is 4.62. The number of allylic oxidation sites excluding steroid dienone is 2. The molecular weight excluding hydrogens is 811 g/mol. The molecule has 3 aliphatic carbocycles. The average molecular weight is 860 g/mol. The fourth-order valence-corrected chi connectivity index (χ4v) is 10.1. The molecule has 3 saturated carbocycles. The van der Waals surface area contributed by atoms with E-state index in [1.807, 2.05) is 10.8 Å². The van der Waals surface area contributed by atoms with Crippen LogP contribution in [-0.4, -0.2) is 82.8 Å². The molecule has 2 aromatic rings. The van der Waals surface area contributed by atoms with Gasteiger partial charge in [0.15, 0.2) is 11.5 Å². The molecule has 1 N–H and O–H groups in total. The van der Waals surface area contributed by atoms with Crippen molar-refractivity contribution in [1.29, 1.82) is 5.26 Å². The number of halogens is 4. The number of ketones is 1. The summed E-state index contributed by atoms with van der Waals surface area (Å²) >= 11 is 0. The number of hydrogen-bond acceptors (Lipinski definition) is 11. The van der Waals surface area contributed by atoms with E-state index in [-0.39, 0.29) is 54.6 Å². The Morgan fingerprint density at radius 3 is 2.43 bits per heavy atom. The Labute approximate surface area is 345 Å². The van der Waals surface area contributed by atoms with Crippen LogP contribution in [0.2, 0.25) is 0 Å². The van der Waals surface area contributed by atoms with Crippen LogP contribution in [0.25, 0.3) is 11.0 Å². The van der Waals surface area contributed by atoms with Gasteiger partial charge in [-0.3, -0.25) is 23.9 Å². The summed E-state index contributed by atoms with van der Waals surface area (Å²) in [6.07, 6.45) is -2.73. The van der Waals surface area contributed by atoms with Crippen molar-refractivity contribution in [1.82, 2.24) is 19.6 Å². The normalized spacial score (nSPS) is 31.7. The van der Waals surface area contributed by atoms with Gasteiger partial charge in [0.05, 0.1) is 57.8 Å². The predicted molar refractivity (Wildman–Crippen MR) is 207 cm³/mol. The van der Waals surface area contributed by atoms with Crippen molar-refractivity contribution in [2.24, 2.45) is 34.5 Å². The molecule has 5 aliphatic rings. The molecule has 2 amide bonds. The van der Waals surface area contributed by atoms with Crippen molar-refractivity contribution in [3.63, 3.8) is 0 Å². The summed E-state index contributed by atoms with van der Waals surface area (Å²) in [6.45, 7) is 7.86. The molecule has 0 unspecified atom stereocenters. The van der Waals surface area contributed by atoms with Gasteiger partial charge in [-0.25, -0.2) is 27.2 Å². The number of carbonyl (C=O) groups is 4. The Hall–Kier alpha value is -4.66. The minimum Gasteiger partial charge on any atom is -0.471 e. The molecule has 1 aromatic heterocycles. The zero-order valence-electron chi connectivity index (χ0n) is 34.1. The van der Waals surface area contributed by atoms with E-state index in [2.05, 4.69) is 9.97 Å². The molecule has 1 aromatic carbocycles. The standard InChI is InChI=1S/C42H49F4N5O8S/c1-6-24-31-21-51(33(24)29(52)19-41(18-26(41)35(43)44)38(55)50-60(56,57)40(5)13-14-40)37(54)25(39(2,3)4)17-32(53)58-30-16-23(30)9-7-8-12-42(45,46)34-36(59-31)49-28-15-22(20-47)10-11-27(28)48-34/h8,10-12,15,23-26,30-31,33,35H,6-7,9,13-14,16-19,21H2,1-5H3,(H,50,55)/b12-8+/t23-,24-,25-,26+,30-,31+,33+,41-/m1/s1. The van der Waals surface area contributed by atoms with Gasteiger partial charge in [-0.15, -0.1) is 0 Å². The number of sulfonamides is 1. The average Bonchev–Trinajstić information content (AvgIpc) is 4.12. The van der Waals surface area contributed by atoms with E-state index < -0.39 is 128 Å². The second-order valence-corrected chi connectivity index (χ2v) is 20.6. The quantitative estimate of drug-likeness (QED) is 0.183. The molecule has 2 bridgehead atoms. The molecule has 2 aliphatic heterocycles. The number of fused-ring (bicyclic) bond motifs is 5. The fourth-order valence-electron chi connectivity index (χ4n) is 8.73. The number of esters is 1. The number of ether oxygens (including phenoxy) is 2. The predicted octanol–water partition coefficient (Wildman–Crippen LogP) is 6.14. The van der Waals surface area contributed by atoms with E-state index in [4.69, 9.17) is 9.47 Å². The Bertz CT molecular complexity index is 2290. The highest BCUT2D eigenvalue weighted by Gasteiger charge is 2.67. The molecule has 7 rings (SSSR count). The fraction of sp³-hybridized carbons (Fsp3) is 0.643. The van der Waals surface area contributed by atoms with Crippen LogP contribution in [0, 0.1) is 45.8 Å². The number of alkyl halides is 4. The lowest BCUT2D eigenvalue weighted by molar-refractivity contribution is -0.154. The van der Waals surface area contributed by atoms with Crippen molar-refractivity contribution in [2.45, 2.75) is 128 Å². The molecule has 3 heterocycles. The SMILES string of the molecule is CC[C@@H]1[C@@H]2CN(C(=O)[C@H](C(C)(C)C)CC(=O)O[C@@H]3C[C@H]3CC/C=C/C(F)(F)c3nc4ccc(C#N)cc4nc3O2)[C@@H]1C(=O)C[C@]1(C(=O)NS(=O)(=O)C2(C)CC2)C[C@H]1C(F)F. The number of aromatic nitrogens is 2.